The van der Waals surface area contributed by atoms with Gasteiger partial charge >= 0.3 is 5.97 Å². The van der Waals surface area contributed by atoms with Crippen molar-refractivity contribution < 1.29 is 19.4 Å². The van der Waals surface area contributed by atoms with E-state index in [1.165, 1.54) is 0 Å². The number of rotatable bonds is 8. The van der Waals surface area contributed by atoms with E-state index in [1.54, 1.807) is 31.2 Å². The molecule has 0 fully saturated rings. The summed E-state index contributed by atoms with van der Waals surface area (Å²) in [7, 11) is 0. The third kappa shape index (κ3) is 5.52. The van der Waals surface area contributed by atoms with Gasteiger partial charge in [0.25, 0.3) is 0 Å². The van der Waals surface area contributed by atoms with Crippen LogP contribution in [0, 0.1) is 0 Å². The molecule has 0 aliphatic heterocycles. The van der Waals surface area contributed by atoms with Crippen molar-refractivity contribution in [2.75, 3.05) is 18.5 Å². The number of carboxylic acids is 1. The molecule has 0 aromatic heterocycles. The SMILES string of the molecule is CC(C(=O)O)c1cccc(NC(=O)COCCc2ccccc2)c1. The first kappa shape index (κ1) is 17.7. The highest BCUT2D eigenvalue weighted by atomic mass is 16.5. The number of amides is 1. The second kappa shape index (κ2) is 8.84. The molecule has 0 spiro atoms. The Labute approximate surface area is 141 Å². The van der Waals surface area contributed by atoms with E-state index in [0.29, 0.717) is 17.9 Å². The molecular weight excluding hydrogens is 306 g/mol. The van der Waals surface area contributed by atoms with Crippen molar-refractivity contribution in [2.45, 2.75) is 19.3 Å². The summed E-state index contributed by atoms with van der Waals surface area (Å²) in [4.78, 5) is 22.9. The Balaban J connectivity index is 1.78. The zero-order valence-corrected chi connectivity index (χ0v) is 13.6. The molecule has 0 radical (unpaired) electrons. The molecule has 1 amide bonds. The molecule has 5 nitrogen and oxygen atoms in total. The van der Waals surface area contributed by atoms with E-state index in [2.05, 4.69) is 5.32 Å². The molecule has 0 aliphatic rings. The quantitative estimate of drug-likeness (QED) is 0.731. The first-order valence-electron chi connectivity index (χ1n) is 7.80. The predicted molar refractivity (Wildman–Crippen MR) is 92.1 cm³/mol. The normalized spacial score (nSPS) is 11.7. The van der Waals surface area contributed by atoms with Gasteiger partial charge in [0, 0.05) is 5.69 Å². The van der Waals surface area contributed by atoms with Gasteiger partial charge in [0.1, 0.15) is 6.61 Å². The first-order valence-corrected chi connectivity index (χ1v) is 7.80. The molecular formula is C19H21NO4. The van der Waals surface area contributed by atoms with Crippen LogP contribution in [0.5, 0.6) is 0 Å². The highest BCUT2D eigenvalue weighted by Crippen LogP contribution is 2.19. The molecule has 1 atom stereocenters. The van der Waals surface area contributed by atoms with Crippen LogP contribution < -0.4 is 5.32 Å². The fourth-order valence-corrected chi connectivity index (χ4v) is 2.22. The average Bonchev–Trinajstić information content (AvgIpc) is 2.59. The van der Waals surface area contributed by atoms with E-state index >= 15 is 0 Å². The van der Waals surface area contributed by atoms with Gasteiger partial charge in [0.15, 0.2) is 0 Å². The molecule has 126 valence electrons. The maximum absolute atomic E-state index is 11.9. The van der Waals surface area contributed by atoms with Crippen molar-refractivity contribution in [3.05, 3.63) is 65.7 Å². The van der Waals surface area contributed by atoms with Gasteiger partial charge in [-0.3, -0.25) is 9.59 Å². The van der Waals surface area contributed by atoms with E-state index in [-0.39, 0.29) is 12.5 Å². The van der Waals surface area contributed by atoms with Gasteiger partial charge in [0.2, 0.25) is 5.91 Å². The highest BCUT2D eigenvalue weighted by Gasteiger charge is 2.14. The van der Waals surface area contributed by atoms with E-state index < -0.39 is 11.9 Å². The summed E-state index contributed by atoms with van der Waals surface area (Å²) >= 11 is 0. The van der Waals surface area contributed by atoms with Crippen LogP contribution in [0.15, 0.2) is 54.6 Å². The third-order valence-electron chi connectivity index (χ3n) is 3.65. The van der Waals surface area contributed by atoms with Crippen molar-refractivity contribution in [3.8, 4) is 0 Å². The van der Waals surface area contributed by atoms with Gasteiger partial charge in [-0.05, 0) is 36.6 Å². The molecule has 2 aromatic rings. The second-order valence-electron chi connectivity index (χ2n) is 5.52. The number of carbonyl (C=O) groups excluding carboxylic acids is 1. The molecule has 2 rings (SSSR count). The Hall–Kier alpha value is -2.66. The largest absolute Gasteiger partial charge is 0.481 e. The maximum Gasteiger partial charge on any atom is 0.310 e. The van der Waals surface area contributed by atoms with Gasteiger partial charge in [-0.1, -0.05) is 42.5 Å². The number of aliphatic carboxylic acids is 1. The maximum atomic E-state index is 11.9. The Morgan fingerprint density at radius 2 is 1.88 bits per heavy atom. The van der Waals surface area contributed by atoms with Gasteiger partial charge in [-0.2, -0.15) is 0 Å². The zero-order chi connectivity index (χ0) is 17.4. The van der Waals surface area contributed by atoms with E-state index in [0.717, 1.165) is 12.0 Å². The monoisotopic (exact) mass is 327 g/mol. The summed E-state index contributed by atoms with van der Waals surface area (Å²) in [6.07, 6.45) is 0.750. The van der Waals surface area contributed by atoms with Crippen LogP contribution in [0.2, 0.25) is 0 Å². The molecule has 0 bridgehead atoms. The van der Waals surface area contributed by atoms with Crippen molar-refractivity contribution in [1.29, 1.82) is 0 Å². The smallest absolute Gasteiger partial charge is 0.310 e. The molecule has 0 aliphatic carbocycles. The summed E-state index contributed by atoms with van der Waals surface area (Å²) in [5, 5.41) is 11.8. The lowest BCUT2D eigenvalue weighted by molar-refractivity contribution is -0.138. The standard InChI is InChI=1S/C19H21NO4/c1-14(19(22)23)16-8-5-9-17(12-16)20-18(21)13-24-11-10-15-6-3-2-4-7-15/h2-9,12,14H,10-11,13H2,1H3,(H,20,21)(H,22,23). The van der Waals surface area contributed by atoms with Crippen LogP contribution in [0.3, 0.4) is 0 Å². The molecule has 2 aromatic carbocycles. The van der Waals surface area contributed by atoms with Crippen LogP contribution in [0.4, 0.5) is 5.69 Å². The number of hydrogen-bond donors (Lipinski definition) is 2. The zero-order valence-electron chi connectivity index (χ0n) is 13.6. The van der Waals surface area contributed by atoms with E-state index in [1.807, 2.05) is 30.3 Å². The van der Waals surface area contributed by atoms with Gasteiger partial charge < -0.3 is 15.2 Å². The van der Waals surface area contributed by atoms with Crippen molar-refractivity contribution in [1.82, 2.24) is 0 Å². The summed E-state index contributed by atoms with van der Waals surface area (Å²) in [6, 6.07) is 16.8. The Morgan fingerprint density at radius 3 is 2.58 bits per heavy atom. The van der Waals surface area contributed by atoms with Crippen molar-refractivity contribution in [2.24, 2.45) is 0 Å². The average molecular weight is 327 g/mol. The van der Waals surface area contributed by atoms with Crippen LogP contribution in [0.1, 0.15) is 24.0 Å². The molecule has 0 saturated heterocycles. The number of nitrogens with one attached hydrogen (secondary N) is 1. The Bertz CT molecular complexity index is 685. The molecule has 2 N–H and O–H groups in total. The fourth-order valence-electron chi connectivity index (χ4n) is 2.22. The molecule has 0 saturated carbocycles. The van der Waals surface area contributed by atoms with E-state index in [9.17, 15) is 9.59 Å². The minimum Gasteiger partial charge on any atom is -0.481 e. The second-order valence-corrected chi connectivity index (χ2v) is 5.52. The highest BCUT2D eigenvalue weighted by molar-refractivity contribution is 5.92. The van der Waals surface area contributed by atoms with Gasteiger partial charge in [-0.25, -0.2) is 0 Å². The minimum atomic E-state index is -0.900. The minimum absolute atomic E-state index is 0.0362. The number of benzene rings is 2. The molecule has 1 unspecified atom stereocenters. The predicted octanol–water partition coefficient (Wildman–Crippen LogP) is 3.07. The lowest BCUT2D eigenvalue weighted by Crippen LogP contribution is -2.19. The first-order chi connectivity index (χ1) is 11.6. The van der Waals surface area contributed by atoms with Crippen molar-refractivity contribution >= 4 is 17.6 Å². The van der Waals surface area contributed by atoms with Crippen LogP contribution in [0.25, 0.3) is 0 Å². The van der Waals surface area contributed by atoms with Gasteiger partial charge in [0.05, 0.1) is 12.5 Å². The fraction of sp³-hybridized carbons (Fsp3) is 0.263. The summed E-state index contributed by atoms with van der Waals surface area (Å²) < 4.78 is 5.38. The van der Waals surface area contributed by atoms with Crippen molar-refractivity contribution in [3.63, 3.8) is 0 Å². The van der Waals surface area contributed by atoms with Gasteiger partial charge in [-0.15, -0.1) is 0 Å². The summed E-state index contributed by atoms with van der Waals surface area (Å²) in [5.41, 5.74) is 2.37. The number of anilines is 1. The number of ether oxygens (including phenoxy) is 1. The summed E-state index contributed by atoms with van der Waals surface area (Å²) in [6.45, 7) is 2.04. The topological polar surface area (TPSA) is 75.6 Å². The Morgan fingerprint density at radius 1 is 1.12 bits per heavy atom. The molecule has 24 heavy (non-hydrogen) atoms. The number of hydrogen-bond acceptors (Lipinski definition) is 3. The Kier molecular flexibility index (Phi) is 6.51. The number of carboxylic acid groups (broad SMARTS) is 1. The van der Waals surface area contributed by atoms with Crippen LogP contribution in [-0.4, -0.2) is 30.2 Å². The van der Waals surface area contributed by atoms with Crippen LogP contribution >= 0.6 is 0 Å². The number of carbonyl (C=O) groups is 2. The lowest BCUT2D eigenvalue weighted by Gasteiger charge is -2.10. The molecule has 0 heterocycles. The van der Waals surface area contributed by atoms with Crippen LogP contribution in [-0.2, 0) is 20.7 Å². The molecule has 5 heteroatoms. The summed E-state index contributed by atoms with van der Waals surface area (Å²) in [5.74, 6) is -1.78. The lowest BCUT2D eigenvalue weighted by atomic mass is 10.0. The third-order valence-corrected chi connectivity index (χ3v) is 3.65. The van der Waals surface area contributed by atoms with E-state index in [4.69, 9.17) is 9.84 Å².